The van der Waals surface area contributed by atoms with Crippen LogP contribution in [0.1, 0.15) is 13.8 Å². The van der Waals surface area contributed by atoms with Crippen LogP contribution in [-0.4, -0.2) is 40.5 Å². The predicted molar refractivity (Wildman–Crippen MR) is 44.0 cm³/mol. The van der Waals surface area contributed by atoms with Crippen LogP contribution in [0.4, 0.5) is 0 Å². The topological polar surface area (TPSA) is 62.0 Å². The molecule has 0 aliphatic carbocycles. The molecular weight excluding hydrogens is 160 g/mol. The first-order valence-electron chi connectivity index (χ1n) is 3.72. The predicted octanol–water partition coefficient (Wildman–Crippen LogP) is 0.146. The molecule has 1 heterocycles. The maximum Gasteiger partial charge on any atom is 0.383 e. The van der Waals surface area contributed by atoms with Gasteiger partial charge in [0.05, 0.1) is 4.92 Å². The van der Waals surface area contributed by atoms with Crippen molar-refractivity contribution in [2.45, 2.75) is 26.2 Å². The fourth-order valence-electron chi connectivity index (χ4n) is 1.10. The Morgan fingerprint density at radius 1 is 1.67 bits per heavy atom. The Balaban J connectivity index is 2.76. The second-order valence-electron chi connectivity index (χ2n) is 2.98. The van der Waals surface area contributed by atoms with Crippen LogP contribution in [-0.2, 0) is 0 Å². The summed E-state index contributed by atoms with van der Waals surface area (Å²) in [5.74, 6) is 0. The highest BCUT2D eigenvalue weighted by atomic mass is 16.6. The zero-order valence-electron chi connectivity index (χ0n) is 7.34. The van der Waals surface area contributed by atoms with Gasteiger partial charge in [0, 0.05) is 13.1 Å². The summed E-state index contributed by atoms with van der Waals surface area (Å²) in [5.41, 5.74) is 0. The van der Waals surface area contributed by atoms with Crippen LogP contribution in [0.5, 0.6) is 0 Å². The second kappa shape index (κ2) is 2.96. The Labute approximate surface area is 70.6 Å². The molecular formula is C6H12N4O2. The summed E-state index contributed by atoms with van der Waals surface area (Å²) in [7, 11) is 1.59. The van der Waals surface area contributed by atoms with Gasteiger partial charge in [-0.1, -0.05) is 0 Å². The van der Waals surface area contributed by atoms with Crippen molar-refractivity contribution in [3.8, 4) is 0 Å². The van der Waals surface area contributed by atoms with Crippen molar-refractivity contribution in [1.82, 2.24) is 9.91 Å². The van der Waals surface area contributed by atoms with Gasteiger partial charge in [-0.25, -0.2) is 5.01 Å². The third-order valence-electron chi connectivity index (χ3n) is 1.75. The summed E-state index contributed by atoms with van der Waals surface area (Å²) >= 11 is 0. The molecule has 6 nitrogen and oxygen atoms in total. The highest BCUT2D eigenvalue weighted by Crippen LogP contribution is 2.13. The molecule has 1 aliphatic heterocycles. The van der Waals surface area contributed by atoms with Gasteiger partial charge in [0.1, 0.15) is 6.34 Å². The van der Waals surface area contributed by atoms with Crippen molar-refractivity contribution >= 4 is 6.34 Å². The van der Waals surface area contributed by atoms with Crippen LogP contribution in [0.15, 0.2) is 5.10 Å². The van der Waals surface area contributed by atoms with E-state index in [4.69, 9.17) is 0 Å². The first kappa shape index (κ1) is 8.76. The Morgan fingerprint density at radius 3 is 2.58 bits per heavy atom. The lowest BCUT2D eigenvalue weighted by atomic mass is 10.3. The molecule has 0 saturated carbocycles. The maximum absolute atomic E-state index is 10.6. The van der Waals surface area contributed by atoms with Crippen LogP contribution < -0.4 is 0 Å². The highest BCUT2D eigenvalue weighted by molar-refractivity contribution is 5.56. The molecule has 0 aromatic rings. The average Bonchev–Trinajstić information content (AvgIpc) is 2.30. The summed E-state index contributed by atoms with van der Waals surface area (Å²) in [6.45, 7) is 3.78. The molecule has 1 aliphatic rings. The van der Waals surface area contributed by atoms with Crippen molar-refractivity contribution in [3.63, 3.8) is 0 Å². The average molecular weight is 172 g/mol. The monoisotopic (exact) mass is 172 g/mol. The third-order valence-corrected chi connectivity index (χ3v) is 1.75. The van der Waals surface area contributed by atoms with E-state index in [1.54, 1.807) is 11.9 Å². The molecule has 0 fully saturated rings. The molecule has 1 unspecified atom stereocenters. The summed E-state index contributed by atoms with van der Waals surface area (Å²) in [6, 6.07) is 0.0918. The van der Waals surface area contributed by atoms with Gasteiger partial charge in [-0.2, -0.15) is 5.10 Å². The Morgan fingerprint density at radius 2 is 2.25 bits per heavy atom. The number of hydrazone groups is 1. The number of nitrogens with zero attached hydrogens (tertiary/aromatic N) is 4. The molecule has 0 aromatic carbocycles. The number of nitro groups is 1. The molecule has 1 atom stereocenters. The Bertz CT molecular complexity index is 216. The molecule has 0 aromatic heterocycles. The van der Waals surface area contributed by atoms with Crippen molar-refractivity contribution in [3.05, 3.63) is 10.1 Å². The van der Waals surface area contributed by atoms with Crippen molar-refractivity contribution < 1.29 is 4.92 Å². The lowest BCUT2D eigenvalue weighted by molar-refractivity contribution is -0.570. The van der Waals surface area contributed by atoms with Gasteiger partial charge in [-0.05, 0) is 13.8 Å². The molecule has 0 radical (unpaired) electrons. The SMILES string of the molecule is CC(C)N1C=NN(C)C1[N+](=O)[O-]. The van der Waals surface area contributed by atoms with Crippen molar-refractivity contribution in [2.24, 2.45) is 5.10 Å². The lowest BCUT2D eigenvalue weighted by Gasteiger charge is -2.23. The maximum atomic E-state index is 10.6. The van der Waals surface area contributed by atoms with Crippen LogP contribution >= 0.6 is 0 Å². The number of rotatable bonds is 2. The molecule has 0 N–H and O–H groups in total. The zero-order chi connectivity index (χ0) is 9.30. The van der Waals surface area contributed by atoms with E-state index in [0.717, 1.165) is 0 Å². The van der Waals surface area contributed by atoms with Gasteiger partial charge in [-0.3, -0.25) is 15.0 Å². The number of hydrogen-bond donors (Lipinski definition) is 0. The summed E-state index contributed by atoms with van der Waals surface area (Å²) < 4.78 is 0. The Hall–Kier alpha value is -1.33. The highest BCUT2D eigenvalue weighted by Gasteiger charge is 2.36. The summed E-state index contributed by atoms with van der Waals surface area (Å²) in [5, 5.41) is 15.7. The molecule has 0 bridgehead atoms. The standard InChI is InChI=1S/C6H12N4O2/c1-5(2)9-4-7-8(3)6(9)10(11)12/h4-6H,1-3H3. The molecule has 0 saturated heterocycles. The van der Waals surface area contributed by atoms with Gasteiger partial charge >= 0.3 is 6.29 Å². The minimum Gasteiger partial charge on any atom is -0.276 e. The van der Waals surface area contributed by atoms with E-state index in [-0.39, 0.29) is 11.0 Å². The minimum atomic E-state index is -0.843. The fraction of sp³-hybridized carbons (Fsp3) is 0.833. The first-order chi connectivity index (χ1) is 5.54. The zero-order valence-corrected chi connectivity index (χ0v) is 7.34. The van der Waals surface area contributed by atoms with Gasteiger partial charge in [-0.15, -0.1) is 0 Å². The van der Waals surface area contributed by atoms with Gasteiger partial charge in [0.15, 0.2) is 0 Å². The van der Waals surface area contributed by atoms with E-state index in [9.17, 15) is 10.1 Å². The largest absolute Gasteiger partial charge is 0.383 e. The molecule has 0 spiro atoms. The third kappa shape index (κ3) is 1.32. The second-order valence-corrected chi connectivity index (χ2v) is 2.98. The van der Waals surface area contributed by atoms with Gasteiger partial charge in [0.25, 0.3) is 0 Å². The smallest absolute Gasteiger partial charge is 0.276 e. The first-order valence-corrected chi connectivity index (χ1v) is 3.72. The summed E-state index contributed by atoms with van der Waals surface area (Å²) in [6.07, 6.45) is 0.656. The molecule has 6 heteroatoms. The van der Waals surface area contributed by atoms with Crippen LogP contribution in [0.3, 0.4) is 0 Å². The van der Waals surface area contributed by atoms with Crippen molar-refractivity contribution in [2.75, 3.05) is 7.05 Å². The Kier molecular flexibility index (Phi) is 2.16. The van der Waals surface area contributed by atoms with E-state index >= 15 is 0 Å². The molecule has 0 amide bonds. The van der Waals surface area contributed by atoms with Crippen molar-refractivity contribution in [1.29, 1.82) is 0 Å². The molecule has 12 heavy (non-hydrogen) atoms. The van der Waals surface area contributed by atoms with E-state index in [1.165, 1.54) is 11.3 Å². The molecule has 1 rings (SSSR count). The lowest BCUT2D eigenvalue weighted by Crippen LogP contribution is -2.47. The van der Waals surface area contributed by atoms with Crippen LogP contribution in [0.2, 0.25) is 0 Å². The summed E-state index contributed by atoms with van der Waals surface area (Å²) in [4.78, 5) is 11.8. The van der Waals surface area contributed by atoms with Crippen LogP contribution in [0.25, 0.3) is 0 Å². The number of hydrogen-bond acceptors (Lipinski definition) is 5. The van der Waals surface area contributed by atoms with Gasteiger partial charge in [0.2, 0.25) is 0 Å². The van der Waals surface area contributed by atoms with E-state index in [1.807, 2.05) is 13.8 Å². The van der Waals surface area contributed by atoms with Gasteiger partial charge < -0.3 is 0 Å². The normalized spacial score (nSPS) is 22.5. The van der Waals surface area contributed by atoms with E-state index in [2.05, 4.69) is 5.10 Å². The van der Waals surface area contributed by atoms with Crippen LogP contribution in [0, 0.1) is 10.1 Å². The minimum absolute atomic E-state index is 0.0918. The van der Waals surface area contributed by atoms with E-state index in [0.29, 0.717) is 0 Å². The molecule has 68 valence electrons. The van der Waals surface area contributed by atoms with E-state index < -0.39 is 6.29 Å². The fourth-order valence-corrected chi connectivity index (χ4v) is 1.10. The quantitative estimate of drug-likeness (QED) is 0.439.